The molecule has 1 saturated heterocycles. The normalized spacial score (nSPS) is 17.4. The number of hydrogen-bond donors (Lipinski definition) is 0. The van der Waals surface area contributed by atoms with Crippen molar-refractivity contribution in [2.75, 3.05) is 38.2 Å². The molecule has 2 aromatic carbocycles. The van der Waals surface area contributed by atoms with Gasteiger partial charge in [-0.15, -0.1) is 0 Å². The van der Waals surface area contributed by atoms with Crippen LogP contribution in [0.1, 0.15) is 27.6 Å². The topological polar surface area (TPSA) is 70.2 Å². The first kappa shape index (κ1) is 19.0. The lowest BCUT2D eigenvalue weighted by Crippen LogP contribution is -2.55. The van der Waals surface area contributed by atoms with E-state index >= 15 is 0 Å². The van der Waals surface area contributed by atoms with Gasteiger partial charge in [0.05, 0.1) is 18.2 Å². The summed E-state index contributed by atoms with van der Waals surface area (Å²) in [7, 11) is 1.63. The van der Waals surface area contributed by atoms with Gasteiger partial charge in [-0.05, 0) is 43.3 Å². The van der Waals surface area contributed by atoms with Crippen LogP contribution < -0.4 is 9.64 Å². The molecule has 29 heavy (non-hydrogen) atoms. The highest BCUT2D eigenvalue weighted by atomic mass is 16.5. The van der Waals surface area contributed by atoms with E-state index in [1.165, 1.54) is 0 Å². The number of fused-ring (bicyclic) bond motifs is 1. The van der Waals surface area contributed by atoms with Crippen LogP contribution in [0.15, 0.2) is 48.5 Å². The number of nitrogens with zero attached hydrogens (tertiary/aromatic N) is 3. The van der Waals surface area contributed by atoms with Crippen molar-refractivity contribution in [2.24, 2.45) is 0 Å². The third kappa shape index (κ3) is 3.33. The van der Waals surface area contributed by atoms with Crippen LogP contribution in [0, 0.1) is 0 Å². The van der Waals surface area contributed by atoms with Crippen molar-refractivity contribution in [3.63, 3.8) is 0 Å². The lowest BCUT2D eigenvalue weighted by atomic mass is 10.1. The fourth-order valence-electron chi connectivity index (χ4n) is 3.91. The highest BCUT2D eigenvalue weighted by Gasteiger charge is 2.42. The zero-order valence-electron chi connectivity index (χ0n) is 16.5. The Bertz CT molecular complexity index is 914. The number of imide groups is 1. The molecule has 2 aliphatic heterocycles. The molecule has 4 rings (SSSR count). The Morgan fingerprint density at radius 2 is 1.45 bits per heavy atom. The molecule has 0 N–H and O–H groups in total. The summed E-state index contributed by atoms with van der Waals surface area (Å²) in [5.41, 5.74) is 1.80. The van der Waals surface area contributed by atoms with Gasteiger partial charge >= 0.3 is 0 Å². The van der Waals surface area contributed by atoms with Crippen LogP contribution in [-0.2, 0) is 4.79 Å². The minimum absolute atomic E-state index is 0.200. The number of carbonyl (C=O) groups excluding carboxylic acids is 3. The molecule has 2 aliphatic rings. The van der Waals surface area contributed by atoms with Crippen LogP contribution in [0.25, 0.3) is 0 Å². The first-order valence-corrected chi connectivity index (χ1v) is 9.66. The minimum Gasteiger partial charge on any atom is -0.497 e. The maximum Gasteiger partial charge on any atom is 0.262 e. The smallest absolute Gasteiger partial charge is 0.262 e. The van der Waals surface area contributed by atoms with E-state index in [0.717, 1.165) is 16.3 Å². The maximum absolute atomic E-state index is 13.0. The van der Waals surface area contributed by atoms with Crippen LogP contribution in [-0.4, -0.2) is 66.9 Å². The van der Waals surface area contributed by atoms with Gasteiger partial charge in [0, 0.05) is 31.9 Å². The van der Waals surface area contributed by atoms with Crippen molar-refractivity contribution in [1.29, 1.82) is 0 Å². The Hall–Kier alpha value is -3.35. The lowest BCUT2D eigenvalue weighted by molar-refractivity contribution is -0.135. The third-order valence-electron chi connectivity index (χ3n) is 5.60. The molecule has 0 aromatic heterocycles. The average Bonchev–Trinajstić information content (AvgIpc) is 3.03. The molecule has 0 saturated carbocycles. The Morgan fingerprint density at radius 1 is 0.897 bits per heavy atom. The van der Waals surface area contributed by atoms with E-state index in [1.54, 1.807) is 43.2 Å². The van der Waals surface area contributed by atoms with Crippen molar-refractivity contribution < 1.29 is 19.1 Å². The van der Waals surface area contributed by atoms with Gasteiger partial charge in [-0.3, -0.25) is 19.3 Å². The molecule has 7 nitrogen and oxygen atoms in total. The number of hydrogen-bond acceptors (Lipinski definition) is 5. The van der Waals surface area contributed by atoms with E-state index in [4.69, 9.17) is 4.74 Å². The van der Waals surface area contributed by atoms with Crippen molar-refractivity contribution in [1.82, 2.24) is 9.80 Å². The fourth-order valence-corrected chi connectivity index (χ4v) is 3.91. The first-order valence-electron chi connectivity index (χ1n) is 9.66. The van der Waals surface area contributed by atoms with Crippen molar-refractivity contribution in [2.45, 2.75) is 13.0 Å². The number of anilines is 1. The van der Waals surface area contributed by atoms with E-state index in [0.29, 0.717) is 37.3 Å². The highest BCUT2D eigenvalue weighted by Crippen LogP contribution is 2.26. The van der Waals surface area contributed by atoms with E-state index in [9.17, 15) is 14.4 Å². The van der Waals surface area contributed by atoms with Crippen LogP contribution in [0.5, 0.6) is 5.75 Å². The van der Waals surface area contributed by atoms with Gasteiger partial charge in [-0.2, -0.15) is 0 Å². The average molecular weight is 393 g/mol. The predicted molar refractivity (Wildman–Crippen MR) is 108 cm³/mol. The second-order valence-corrected chi connectivity index (χ2v) is 7.21. The van der Waals surface area contributed by atoms with Gasteiger partial charge in [0.15, 0.2) is 0 Å². The number of methoxy groups -OCH3 is 1. The van der Waals surface area contributed by atoms with Gasteiger partial charge in [0.1, 0.15) is 11.8 Å². The Balaban J connectivity index is 1.41. The lowest BCUT2D eigenvalue weighted by Gasteiger charge is -2.38. The summed E-state index contributed by atoms with van der Waals surface area (Å²) in [4.78, 5) is 43.3. The van der Waals surface area contributed by atoms with E-state index in [2.05, 4.69) is 4.90 Å². The summed E-state index contributed by atoms with van der Waals surface area (Å²) in [6.07, 6.45) is 0. The number of piperazine rings is 1. The van der Waals surface area contributed by atoms with E-state index in [1.807, 2.05) is 24.3 Å². The van der Waals surface area contributed by atoms with Gasteiger partial charge < -0.3 is 14.5 Å². The van der Waals surface area contributed by atoms with Crippen molar-refractivity contribution in [3.8, 4) is 5.75 Å². The van der Waals surface area contributed by atoms with E-state index < -0.39 is 17.9 Å². The van der Waals surface area contributed by atoms with Gasteiger partial charge in [0.25, 0.3) is 11.8 Å². The molecule has 0 spiro atoms. The van der Waals surface area contributed by atoms with Crippen LogP contribution >= 0.6 is 0 Å². The number of rotatable bonds is 4. The quantitative estimate of drug-likeness (QED) is 0.744. The predicted octanol–water partition coefficient (Wildman–Crippen LogP) is 2.03. The Kier molecular flexibility index (Phi) is 4.96. The molecule has 1 unspecified atom stereocenters. The zero-order chi connectivity index (χ0) is 20.5. The van der Waals surface area contributed by atoms with Crippen LogP contribution in [0.3, 0.4) is 0 Å². The highest BCUT2D eigenvalue weighted by molar-refractivity contribution is 6.22. The van der Waals surface area contributed by atoms with Gasteiger partial charge in [-0.25, -0.2) is 0 Å². The number of amides is 3. The van der Waals surface area contributed by atoms with Gasteiger partial charge in [0.2, 0.25) is 5.91 Å². The zero-order valence-corrected chi connectivity index (χ0v) is 16.5. The molecule has 1 fully saturated rings. The summed E-state index contributed by atoms with van der Waals surface area (Å²) in [5, 5.41) is 0. The summed E-state index contributed by atoms with van der Waals surface area (Å²) >= 11 is 0. The molecular weight excluding hydrogens is 370 g/mol. The summed E-state index contributed by atoms with van der Waals surface area (Å²) < 4.78 is 5.19. The molecule has 0 bridgehead atoms. The molecular formula is C22H23N3O4. The molecule has 7 heteroatoms. The number of carbonyl (C=O) groups is 3. The second kappa shape index (κ2) is 7.58. The summed E-state index contributed by atoms with van der Waals surface area (Å²) in [6, 6.07) is 13.7. The van der Waals surface area contributed by atoms with Crippen LogP contribution in [0.2, 0.25) is 0 Å². The molecule has 1 atom stereocenters. The Morgan fingerprint density at radius 3 is 1.97 bits per heavy atom. The van der Waals surface area contributed by atoms with Crippen molar-refractivity contribution >= 4 is 23.4 Å². The standard InChI is InChI=1S/C22H23N3O4/c1-15(25-21(27)18-5-3-4-6-19(18)22(25)28)20(26)24-13-11-23(12-14-24)16-7-9-17(29-2)10-8-16/h3-10,15H,11-14H2,1-2H3. The summed E-state index contributed by atoms with van der Waals surface area (Å²) in [5.74, 6) is -0.196. The van der Waals surface area contributed by atoms with E-state index in [-0.39, 0.29) is 5.91 Å². The van der Waals surface area contributed by atoms with Crippen molar-refractivity contribution in [3.05, 3.63) is 59.7 Å². The monoisotopic (exact) mass is 393 g/mol. The Labute approximate surface area is 169 Å². The third-order valence-corrected chi connectivity index (χ3v) is 5.60. The molecule has 2 heterocycles. The maximum atomic E-state index is 13.0. The SMILES string of the molecule is COc1ccc(N2CCN(C(=O)C(C)N3C(=O)c4ccccc4C3=O)CC2)cc1. The molecule has 3 amide bonds. The molecule has 2 aromatic rings. The minimum atomic E-state index is -0.824. The molecule has 0 radical (unpaired) electrons. The summed E-state index contributed by atoms with van der Waals surface area (Å²) in [6.45, 7) is 4.08. The number of ether oxygens (including phenoxy) is 1. The molecule has 150 valence electrons. The number of benzene rings is 2. The first-order chi connectivity index (χ1) is 14.0. The second-order valence-electron chi connectivity index (χ2n) is 7.21. The van der Waals surface area contributed by atoms with Crippen LogP contribution in [0.4, 0.5) is 5.69 Å². The molecule has 0 aliphatic carbocycles. The fraction of sp³-hybridized carbons (Fsp3) is 0.318. The largest absolute Gasteiger partial charge is 0.497 e. The van der Waals surface area contributed by atoms with Gasteiger partial charge in [-0.1, -0.05) is 12.1 Å².